The highest BCUT2D eigenvalue weighted by molar-refractivity contribution is 5.94. The average Bonchev–Trinajstić information content (AvgIpc) is 2.47. The summed E-state index contributed by atoms with van der Waals surface area (Å²) in [5, 5.41) is 6.06. The first-order valence-corrected chi connectivity index (χ1v) is 7.07. The summed E-state index contributed by atoms with van der Waals surface area (Å²) in [6.07, 6.45) is -2.37. The summed E-state index contributed by atoms with van der Waals surface area (Å²) in [7, 11) is 0. The smallest absolute Gasteiger partial charge is 0.349 e. The van der Waals surface area contributed by atoms with Crippen molar-refractivity contribution >= 4 is 5.91 Å². The van der Waals surface area contributed by atoms with Gasteiger partial charge >= 0.3 is 6.18 Å². The van der Waals surface area contributed by atoms with E-state index in [9.17, 15) is 18.0 Å². The molecule has 1 aliphatic rings. The Bertz CT molecular complexity index is 496. The standard InChI is InChI=1S/C15H19F3N2O/c1-10(12-5-3-7-19-9-12)20-14(21)11-4-2-6-13(8-11)15(16,17)18/h2,4,6,8,10,12,19H,3,5,7,9H2,1H3,(H,20,21). The van der Waals surface area contributed by atoms with Crippen molar-refractivity contribution in [2.75, 3.05) is 13.1 Å². The second-order valence-corrected chi connectivity index (χ2v) is 5.45. The number of alkyl halides is 3. The van der Waals surface area contributed by atoms with Gasteiger partial charge in [0.2, 0.25) is 0 Å². The van der Waals surface area contributed by atoms with Gasteiger partial charge in [0.15, 0.2) is 0 Å². The molecular formula is C15H19F3N2O. The summed E-state index contributed by atoms with van der Waals surface area (Å²) in [6, 6.07) is 4.44. The molecule has 1 amide bonds. The lowest BCUT2D eigenvalue weighted by Gasteiger charge is -2.29. The number of carbonyl (C=O) groups excluding carboxylic acids is 1. The van der Waals surface area contributed by atoms with Crippen molar-refractivity contribution in [2.45, 2.75) is 32.0 Å². The number of piperidine rings is 1. The summed E-state index contributed by atoms with van der Waals surface area (Å²) in [6.45, 7) is 3.69. The third-order valence-electron chi connectivity index (χ3n) is 3.85. The van der Waals surface area contributed by atoms with Crippen LogP contribution in [0.4, 0.5) is 13.2 Å². The molecule has 2 unspecified atom stereocenters. The first-order chi connectivity index (χ1) is 9.88. The molecule has 0 saturated carbocycles. The molecule has 0 bridgehead atoms. The first-order valence-electron chi connectivity index (χ1n) is 7.07. The predicted octanol–water partition coefficient (Wildman–Crippen LogP) is 2.82. The van der Waals surface area contributed by atoms with E-state index in [1.54, 1.807) is 0 Å². The van der Waals surface area contributed by atoms with E-state index in [1.807, 2.05) is 6.92 Å². The zero-order valence-corrected chi connectivity index (χ0v) is 11.8. The number of rotatable bonds is 3. The number of carbonyl (C=O) groups is 1. The Balaban J connectivity index is 2.02. The van der Waals surface area contributed by atoms with Crippen molar-refractivity contribution in [2.24, 2.45) is 5.92 Å². The zero-order chi connectivity index (χ0) is 15.5. The van der Waals surface area contributed by atoms with Crippen molar-refractivity contribution < 1.29 is 18.0 Å². The van der Waals surface area contributed by atoms with Gasteiger partial charge in [0.1, 0.15) is 0 Å². The normalized spacial score (nSPS) is 20.9. The highest BCUT2D eigenvalue weighted by atomic mass is 19.4. The molecule has 1 aliphatic heterocycles. The second kappa shape index (κ2) is 6.47. The molecule has 3 nitrogen and oxygen atoms in total. The van der Waals surface area contributed by atoms with E-state index < -0.39 is 17.6 Å². The predicted molar refractivity (Wildman–Crippen MR) is 74.0 cm³/mol. The van der Waals surface area contributed by atoms with Gasteiger partial charge in [0, 0.05) is 11.6 Å². The largest absolute Gasteiger partial charge is 0.416 e. The molecule has 2 N–H and O–H groups in total. The van der Waals surface area contributed by atoms with Crippen LogP contribution >= 0.6 is 0 Å². The van der Waals surface area contributed by atoms with Gasteiger partial charge in [-0.25, -0.2) is 0 Å². The fraction of sp³-hybridized carbons (Fsp3) is 0.533. The van der Waals surface area contributed by atoms with Crippen LogP contribution in [-0.2, 0) is 6.18 Å². The highest BCUT2D eigenvalue weighted by Gasteiger charge is 2.31. The minimum Gasteiger partial charge on any atom is -0.349 e. The fourth-order valence-electron chi connectivity index (χ4n) is 2.55. The Morgan fingerprint density at radius 1 is 1.43 bits per heavy atom. The molecule has 1 aromatic rings. The molecule has 0 radical (unpaired) electrons. The summed E-state index contributed by atoms with van der Waals surface area (Å²) in [5.74, 6) is -0.146. The van der Waals surface area contributed by atoms with Crippen LogP contribution < -0.4 is 10.6 Å². The van der Waals surface area contributed by atoms with E-state index >= 15 is 0 Å². The number of amides is 1. The SMILES string of the molecule is CC(NC(=O)c1cccc(C(F)(F)F)c1)C1CCCNC1. The third-order valence-corrected chi connectivity index (χ3v) is 3.85. The lowest BCUT2D eigenvalue weighted by molar-refractivity contribution is -0.137. The maximum Gasteiger partial charge on any atom is 0.416 e. The van der Waals surface area contributed by atoms with E-state index in [0.717, 1.165) is 38.1 Å². The number of hydrogen-bond donors (Lipinski definition) is 2. The van der Waals surface area contributed by atoms with Gasteiger partial charge in [-0.3, -0.25) is 4.79 Å². The van der Waals surface area contributed by atoms with E-state index in [4.69, 9.17) is 0 Å². The fourth-order valence-corrected chi connectivity index (χ4v) is 2.55. The van der Waals surface area contributed by atoms with Crippen LogP contribution in [0.3, 0.4) is 0 Å². The molecule has 0 aromatic heterocycles. The topological polar surface area (TPSA) is 41.1 Å². The number of benzene rings is 1. The van der Waals surface area contributed by atoms with Crippen molar-refractivity contribution in [1.82, 2.24) is 10.6 Å². The van der Waals surface area contributed by atoms with E-state index in [1.165, 1.54) is 12.1 Å². The van der Waals surface area contributed by atoms with E-state index in [2.05, 4.69) is 10.6 Å². The lowest BCUT2D eigenvalue weighted by Crippen LogP contribution is -2.44. The minimum absolute atomic E-state index is 0.0421. The Morgan fingerprint density at radius 2 is 2.19 bits per heavy atom. The highest BCUT2D eigenvalue weighted by Crippen LogP contribution is 2.29. The molecule has 1 fully saturated rings. The van der Waals surface area contributed by atoms with Crippen LogP contribution in [0.25, 0.3) is 0 Å². The van der Waals surface area contributed by atoms with Gasteiger partial charge in [-0.2, -0.15) is 13.2 Å². The van der Waals surface area contributed by atoms with Crippen LogP contribution in [0.5, 0.6) is 0 Å². The lowest BCUT2D eigenvalue weighted by atomic mass is 9.92. The van der Waals surface area contributed by atoms with Gasteiger partial charge in [-0.05, 0) is 57.0 Å². The maximum atomic E-state index is 12.6. The van der Waals surface area contributed by atoms with Crippen LogP contribution in [0.15, 0.2) is 24.3 Å². The monoisotopic (exact) mass is 300 g/mol. The van der Waals surface area contributed by atoms with Crippen LogP contribution in [0.1, 0.15) is 35.7 Å². The van der Waals surface area contributed by atoms with Gasteiger partial charge in [-0.1, -0.05) is 6.07 Å². The summed E-state index contributed by atoms with van der Waals surface area (Å²) < 4.78 is 37.9. The molecule has 1 aromatic carbocycles. The number of halogens is 3. The maximum absolute atomic E-state index is 12.6. The molecule has 2 atom stereocenters. The molecule has 0 aliphatic carbocycles. The van der Waals surface area contributed by atoms with Crippen molar-refractivity contribution in [3.05, 3.63) is 35.4 Å². The number of hydrogen-bond acceptors (Lipinski definition) is 2. The van der Waals surface area contributed by atoms with Crippen LogP contribution in [0, 0.1) is 5.92 Å². The van der Waals surface area contributed by atoms with Gasteiger partial charge in [-0.15, -0.1) is 0 Å². The van der Waals surface area contributed by atoms with Gasteiger partial charge in [0.25, 0.3) is 5.91 Å². The number of nitrogens with one attached hydrogen (secondary N) is 2. The molecule has 21 heavy (non-hydrogen) atoms. The molecule has 1 saturated heterocycles. The van der Waals surface area contributed by atoms with Crippen LogP contribution in [-0.4, -0.2) is 25.0 Å². The molecule has 1 heterocycles. The van der Waals surface area contributed by atoms with Gasteiger partial charge in [0.05, 0.1) is 5.56 Å². The molecule has 0 spiro atoms. The van der Waals surface area contributed by atoms with Crippen molar-refractivity contribution in [3.63, 3.8) is 0 Å². The van der Waals surface area contributed by atoms with Crippen molar-refractivity contribution in [1.29, 1.82) is 0 Å². The van der Waals surface area contributed by atoms with E-state index in [0.29, 0.717) is 5.92 Å². The minimum atomic E-state index is -4.44. The Kier molecular flexibility index (Phi) is 4.88. The first kappa shape index (κ1) is 15.8. The average molecular weight is 300 g/mol. The second-order valence-electron chi connectivity index (χ2n) is 5.45. The zero-order valence-electron chi connectivity index (χ0n) is 11.8. The Morgan fingerprint density at radius 3 is 2.81 bits per heavy atom. The molecular weight excluding hydrogens is 281 g/mol. The summed E-state index contributed by atoms with van der Waals surface area (Å²) >= 11 is 0. The van der Waals surface area contributed by atoms with Crippen molar-refractivity contribution in [3.8, 4) is 0 Å². The summed E-state index contributed by atoms with van der Waals surface area (Å²) in [4.78, 5) is 12.1. The third kappa shape index (κ3) is 4.20. The Labute approximate surface area is 121 Å². The summed E-state index contributed by atoms with van der Waals surface area (Å²) in [5.41, 5.74) is -0.762. The van der Waals surface area contributed by atoms with E-state index in [-0.39, 0.29) is 11.6 Å². The Hall–Kier alpha value is -1.56. The van der Waals surface area contributed by atoms with Gasteiger partial charge < -0.3 is 10.6 Å². The molecule has 6 heteroatoms. The molecule has 2 rings (SSSR count). The molecule has 116 valence electrons. The quantitative estimate of drug-likeness (QED) is 0.901. The van der Waals surface area contributed by atoms with Crippen LogP contribution in [0.2, 0.25) is 0 Å².